The molecule has 184 valence electrons. The number of carbonyl (C=O) groups excluding carboxylic acids is 1. The maximum atomic E-state index is 12.6. The number of ether oxygens (including phenoxy) is 1. The summed E-state index contributed by atoms with van der Waals surface area (Å²) < 4.78 is 6.39. The number of hydrogen-bond acceptors (Lipinski definition) is 7. The minimum atomic E-state index is -0.444. The average molecular weight is 517 g/mol. The number of amides is 1. The monoisotopic (exact) mass is 516 g/mol. The topological polar surface area (TPSA) is 48.9 Å². The van der Waals surface area contributed by atoms with Crippen LogP contribution in [0.2, 0.25) is 0 Å². The molecule has 2 fully saturated rings. The van der Waals surface area contributed by atoms with Crippen molar-refractivity contribution in [1.82, 2.24) is 9.88 Å². The summed E-state index contributed by atoms with van der Waals surface area (Å²) in [6, 6.07) is 22.7. The lowest BCUT2D eigenvalue weighted by Crippen LogP contribution is -2.49. The maximum Gasteiger partial charge on any atom is 0.252 e. The van der Waals surface area contributed by atoms with E-state index in [9.17, 15) is 4.79 Å². The van der Waals surface area contributed by atoms with E-state index in [-0.39, 0.29) is 5.91 Å². The summed E-state index contributed by atoms with van der Waals surface area (Å²) in [5.41, 5.74) is 3.53. The summed E-state index contributed by atoms with van der Waals surface area (Å²) in [4.78, 5) is 23.6. The largest absolute Gasteiger partial charge is 0.453 e. The van der Waals surface area contributed by atoms with Crippen molar-refractivity contribution in [1.29, 1.82) is 0 Å². The molecule has 1 atom stereocenters. The van der Waals surface area contributed by atoms with Gasteiger partial charge in [-0.1, -0.05) is 59.9 Å². The SMILES string of the molecule is O=C(CSc1ccccn1)N1CCN(c2ccc(/C=C/C34Oc5ccccc5N3CCS4)cc2)CC1. The Labute approximate surface area is 220 Å². The normalized spacial score (nSPS) is 20.9. The first-order valence-corrected chi connectivity index (χ1v) is 14.2. The van der Waals surface area contributed by atoms with Crippen molar-refractivity contribution in [2.45, 2.75) is 10.1 Å². The number of para-hydroxylation sites is 2. The van der Waals surface area contributed by atoms with E-state index in [1.165, 1.54) is 23.1 Å². The molecule has 0 radical (unpaired) electrons. The summed E-state index contributed by atoms with van der Waals surface area (Å²) in [6.45, 7) is 4.17. The molecular weight excluding hydrogens is 488 g/mol. The number of hydrogen-bond donors (Lipinski definition) is 0. The van der Waals surface area contributed by atoms with Crippen molar-refractivity contribution in [2.24, 2.45) is 0 Å². The average Bonchev–Trinajstić information content (AvgIpc) is 3.48. The number of rotatable bonds is 6. The predicted molar refractivity (Wildman–Crippen MR) is 149 cm³/mol. The summed E-state index contributed by atoms with van der Waals surface area (Å²) in [5, 5.41) is 0.446. The van der Waals surface area contributed by atoms with E-state index in [2.05, 4.69) is 63.3 Å². The van der Waals surface area contributed by atoms with E-state index in [0.717, 1.165) is 54.8 Å². The smallest absolute Gasteiger partial charge is 0.252 e. The third-order valence-electron chi connectivity index (χ3n) is 6.77. The van der Waals surface area contributed by atoms with Gasteiger partial charge < -0.3 is 19.4 Å². The fourth-order valence-electron chi connectivity index (χ4n) is 4.86. The van der Waals surface area contributed by atoms with Crippen LogP contribution >= 0.6 is 23.5 Å². The molecule has 2 aromatic carbocycles. The van der Waals surface area contributed by atoms with Gasteiger partial charge in [-0.3, -0.25) is 4.79 Å². The predicted octanol–water partition coefficient (Wildman–Crippen LogP) is 4.84. The fraction of sp³-hybridized carbons (Fsp3) is 0.286. The molecule has 3 aliphatic rings. The van der Waals surface area contributed by atoms with Gasteiger partial charge in [0.15, 0.2) is 0 Å². The number of anilines is 2. The van der Waals surface area contributed by atoms with E-state index in [1.54, 1.807) is 6.20 Å². The van der Waals surface area contributed by atoms with Crippen LogP contribution in [0.3, 0.4) is 0 Å². The van der Waals surface area contributed by atoms with E-state index < -0.39 is 5.06 Å². The summed E-state index contributed by atoms with van der Waals surface area (Å²) >= 11 is 3.34. The minimum Gasteiger partial charge on any atom is -0.453 e. The summed E-state index contributed by atoms with van der Waals surface area (Å²) in [6.07, 6.45) is 6.11. The molecule has 4 heterocycles. The van der Waals surface area contributed by atoms with Crippen LogP contribution in [0.5, 0.6) is 5.75 Å². The Hall–Kier alpha value is -3.10. The van der Waals surface area contributed by atoms with Gasteiger partial charge in [0.25, 0.3) is 5.06 Å². The number of pyridine rings is 1. The second kappa shape index (κ2) is 10.1. The summed E-state index contributed by atoms with van der Waals surface area (Å²) in [5.74, 6) is 2.62. The van der Waals surface area contributed by atoms with E-state index in [1.807, 2.05) is 47.0 Å². The van der Waals surface area contributed by atoms with Gasteiger partial charge in [0.2, 0.25) is 5.91 Å². The van der Waals surface area contributed by atoms with Crippen LogP contribution in [0.1, 0.15) is 5.56 Å². The summed E-state index contributed by atoms with van der Waals surface area (Å²) in [7, 11) is 0. The van der Waals surface area contributed by atoms with Crippen molar-refractivity contribution in [3.63, 3.8) is 0 Å². The Balaban J connectivity index is 1.04. The zero-order valence-corrected chi connectivity index (χ0v) is 21.6. The molecule has 0 spiro atoms. The molecule has 36 heavy (non-hydrogen) atoms. The number of thioether (sulfide) groups is 2. The standard InChI is InChI=1S/C28H28N4O2S2/c33-27(21-35-26-7-3-4-14-29-26)31-17-15-30(16-18-31)23-10-8-22(9-11-23)12-13-28-32(19-20-36-28)24-5-1-2-6-25(24)34-28/h1-14H,15-21H2/b13-12+. The van der Waals surface area contributed by atoms with Crippen LogP contribution in [0.15, 0.2) is 84.0 Å². The van der Waals surface area contributed by atoms with Gasteiger partial charge in [-0.25, -0.2) is 4.98 Å². The molecule has 0 N–H and O–H groups in total. The van der Waals surface area contributed by atoms with E-state index >= 15 is 0 Å². The first-order chi connectivity index (χ1) is 17.7. The second-order valence-electron chi connectivity index (χ2n) is 8.95. The molecule has 2 saturated heterocycles. The maximum absolute atomic E-state index is 12.6. The number of aromatic nitrogens is 1. The van der Waals surface area contributed by atoms with Crippen LogP contribution in [0, 0.1) is 0 Å². The molecule has 3 aliphatic heterocycles. The lowest BCUT2D eigenvalue weighted by atomic mass is 10.1. The molecule has 1 aromatic heterocycles. The van der Waals surface area contributed by atoms with E-state index in [4.69, 9.17) is 4.74 Å². The number of fused-ring (bicyclic) bond motifs is 3. The third-order valence-corrected chi connectivity index (χ3v) is 8.94. The highest BCUT2D eigenvalue weighted by atomic mass is 32.2. The Morgan fingerprint density at radius 2 is 1.81 bits per heavy atom. The number of nitrogens with zero attached hydrogens (tertiary/aromatic N) is 4. The Kier molecular flexibility index (Phi) is 6.54. The van der Waals surface area contributed by atoms with Gasteiger partial charge in [-0.05, 0) is 48.0 Å². The number of piperazine rings is 1. The molecule has 1 amide bonds. The van der Waals surface area contributed by atoms with Crippen molar-refractivity contribution in [2.75, 3.05) is 54.0 Å². The quantitative estimate of drug-likeness (QED) is 0.435. The highest BCUT2D eigenvalue weighted by molar-refractivity contribution is 8.01. The lowest BCUT2D eigenvalue weighted by Gasteiger charge is -2.36. The van der Waals surface area contributed by atoms with Gasteiger partial charge in [-0.15, -0.1) is 0 Å². The van der Waals surface area contributed by atoms with Crippen LogP contribution in [0.4, 0.5) is 11.4 Å². The second-order valence-corrected chi connectivity index (χ2v) is 11.2. The highest BCUT2D eigenvalue weighted by Crippen LogP contribution is 2.51. The van der Waals surface area contributed by atoms with Crippen molar-refractivity contribution < 1.29 is 9.53 Å². The zero-order chi connectivity index (χ0) is 24.4. The van der Waals surface area contributed by atoms with Gasteiger partial charge in [0.1, 0.15) is 5.75 Å². The Morgan fingerprint density at radius 1 is 1.00 bits per heavy atom. The third kappa shape index (κ3) is 4.67. The fourth-order valence-corrected chi connectivity index (χ4v) is 6.85. The van der Waals surface area contributed by atoms with Crippen molar-refractivity contribution in [3.8, 4) is 5.75 Å². The zero-order valence-electron chi connectivity index (χ0n) is 20.0. The molecule has 0 bridgehead atoms. The first-order valence-electron chi connectivity index (χ1n) is 12.3. The molecule has 8 heteroatoms. The molecule has 6 nitrogen and oxygen atoms in total. The van der Waals surface area contributed by atoms with Crippen molar-refractivity contribution in [3.05, 3.63) is 84.6 Å². The van der Waals surface area contributed by atoms with Crippen LogP contribution in [-0.2, 0) is 4.79 Å². The van der Waals surface area contributed by atoms with Crippen LogP contribution < -0.4 is 14.5 Å². The van der Waals surface area contributed by atoms with Gasteiger partial charge in [-0.2, -0.15) is 0 Å². The lowest BCUT2D eigenvalue weighted by molar-refractivity contribution is -0.128. The molecular formula is C28H28N4O2S2. The van der Waals surface area contributed by atoms with Crippen LogP contribution in [0.25, 0.3) is 6.08 Å². The minimum absolute atomic E-state index is 0.181. The molecule has 0 aliphatic carbocycles. The number of benzene rings is 2. The molecule has 0 saturated carbocycles. The van der Waals surface area contributed by atoms with Gasteiger partial charge >= 0.3 is 0 Å². The Bertz CT molecular complexity index is 1250. The van der Waals surface area contributed by atoms with E-state index in [0.29, 0.717) is 5.75 Å². The molecule has 3 aromatic rings. The van der Waals surface area contributed by atoms with Gasteiger partial charge in [0, 0.05) is 50.4 Å². The van der Waals surface area contributed by atoms with Crippen LogP contribution in [-0.4, -0.2) is 65.1 Å². The first kappa shape index (κ1) is 23.3. The van der Waals surface area contributed by atoms with Crippen molar-refractivity contribution >= 4 is 46.9 Å². The number of carbonyl (C=O) groups is 1. The van der Waals surface area contributed by atoms with Gasteiger partial charge in [0.05, 0.1) is 16.5 Å². The Morgan fingerprint density at radius 3 is 2.61 bits per heavy atom. The molecule has 6 rings (SSSR count). The molecule has 1 unspecified atom stereocenters. The highest BCUT2D eigenvalue weighted by Gasteiger charge is 2.48.